The fourth-order valence-corrected chi connectivity index (χ4v) is 12.1. The van der Waals surface area contributed by atoms with Gasteiger partial charge >= 0.3 is 6.09 Å². The Morgan fingerprint density at radius 3 is 2.32 bits per heavy atom. The molecule has 6 unspecified atom stereocenters. The highest BCUT2D eigenvalue weighted by Crippen LogP contribution is 2.62. The molecule has 11 heteroatoms. The molecule has 3 aliphatic carbocycles. The molecule has 378 valence electrons. The third-order valence-corrected chi connectivity index (χ3v) is 15.5. The Hall–Kier alpha value is -6.27. The maximum absolute atomic E-state index is 15.6. The zero-order chi connectivity index (χ0) is 49.7. The minimum Gasteiger partial charge on any atom is -0.459 e. The van der Waals surface area contributed by atoms with E-state index >= 15 is 4.79 Å². The number of nitrogens with zero attached hydrogens (tertiary/aromatic N) is 2. The van der Waals surface area contributed by atoms with Gasteiger partial charge in [0.15, 0.2) is 0 Å². The van der Waals surface area contributed by atoms with Crippen LogP contribution in [0.5, 0.6) is 11.5 Å². The number of fused-ring (bicyclic) bond motifs is 3. The van der Waals surface area contributed by atoms with Gasteiger partial charge in [0.2, 0.25) is 11.7 Å². The van der Waals surface area contributed by atoms with Gasteiger partial charge in [0.05, 0.1) is 18.2 Å². The van der Waals surface area contributed by atoms with Gasteiger partial charge in [-0.15, -0.1) is 6.58 Å². The first-order valence-electron chi connectivity index (χ1n) is 26.4. The summed E-state index contributed by atoms with van der Waals surface area (Å²) in [5, 5.41) is 30.4. The Morgan fingerprint density at radius 1 is 0.833 bits per heavy atom. The second-order valence-electron chi connectivity index (χ2n) is 20.1. The van der Waals surface area contributed by atoms with Crippen LogP contribution in [-0.4, -0.2) is 64.5 Å². The molecule has 0 spiro atoms. The number of unbranched alkanes of at least 4 members (excludes halogenated alkanes) is 2. The molecule has 11 nitrogen and oxygen atoms in total. The van der Waals surface area contributed by atoms with Gasteiger partial charge in [0, 0.05) is 50.6 Å². The number of hydrogen-bond donors (Lipinski definition) is 3. The van der Waals surface area contributed by atoms with Crippen molar-refractivity contribution in [1.29, 1.82) is 0 Å². The highest BCUT2D eigenvalue weighted by atomic mass is 16.7. The van der Waals surface area contributed by atoms with Crippen LogP contribution in [0.25, 0.3) is 10.8 Å². The van der Waals surface area contributed by atoms with E-state index in [9.17, 15) is 15.0 Å². The molecule has 5 aromatic carbocycles. The first-order chi connectivity index (χ1) is 35.4. The highest BCUT2D eigenvalue weighted by molar-refractivity contribution is 6.03. The number of carbonyl (C=O) groups is 2. The monoisotopic (exact) mass is 974 g/mol. The predicted molar refractivity (Wildman–Crippen MR) is 281 cm³/mol. The van der Waals surface area contributed by atoms with E-state index in [-0.39, 0.29) is 56.5 Å². The summed E-state index contributed by atoms with van der Waals surface area (Å²) in [5.74, 6) is -0.719. The number of ether oxygens (including phenoxy) is 3. The fourth-order valence-electron chi connectivity index (χ4n) is 12.1. The van der Waals surface area contributed by atoms with E-state index in [1.54, 1.807) is 12.1 Å². The zero-order valence-electron chi connectivity index (χ0n) is 41.5. The summed E-state index contributed by atoms with van der Waals surface area (Å²) < 4.78 is 21.0. The van der Waals surface area contributed by atoms with Crippen LogP contribution in [0.1, 0.15) is 112 Å². The Balaban J connectivity index is 1.21. The van der Waals surface area contributed by atoms with Crippen molar-refractivity contribution in [3.05, 3.63) is 168 Å². The smallest absolute Gasteiger partial charge is 0.412 e. The lowest BCUT2D eigenvalue weighted by molar-refractivity contribution is -0.258. The molecular formula is C61H71N3O8. The maximum atomic E-state index is 15.6. The summed E-state index contributed by atoms with van der Waals surface area (Å²) in [4.78, 5) is 37.5. The van der Waals surface area contributed by atoms with Crippen LogP contribution in [0, 0.1) is 23.7 Å². The molecular weight excluding hydrogens is 903 g/mol. The molecule has 5 aromatic rings. The van der Waals surface area contributed by atoms with Gasteiger partial charge in [0.1, 0.15) is 24.1 Å². The first-order valence-corrected chi connectivity index (χ1v) is 26.4. The van der Waals surface area contributed by atoms with Crippen LogP contribution in [0.2, 0.25) is 0 Å². The Morgan fingerprint density at radius 2 is 1.56 bits per heavy atom. The number of aliphatic hydroxyl groups excluding tert-OH is 2. The number of hydrogen-bond acceptors (Lipinski definition) is 9. The summed E-state index contributed by atoms with van der Waals surface area (Å²) in [6.45, 7) is 5.33. The summed E-state index contributed by atoms with van der Waals surface area (Å²) >= 11 is 0. The topological polar surface area (TPSA) is 139 Å². The lowest BCUT2D eigenvalue weighted by Gasteiger charge is -2.60. The number of oxime groups is 1. The molecule has 2 amide bonds. The SMILES string of the molecule is C=CCOC12Oc3ccc(OC(=O)NCc4ccccc4)cc3C3C(CCCCO)C(CCCCO)C=C(C(=NOCc4ccccc4)CC1N(Cc1cccc4ccccc14)C(=O)CCC1CCCC1)C32. The van der Waals surface area contributed by atoms with E-state index in [0.29, 0.717) is 49.8 Å². The third-order valence-electron chi connectivity index (χ3n) is 15.5. The molecule has 0 bridgehead atoms. The van der Waals surface area contributed by atoms with E-state index in [4.69, 9.17) is 24.2 Å². The minimum atomic E-state index is -1.44. The normalized spacial score (nSPS) is 22.8. The molecule has 1 aliphatic heterocycles. The van der Waals surface area contributed by atoms with Gasteiger partial charge in [0.25, 0.3) is 0 Å². The maximum Gasteiger partial charge on any atom is 0.412 e. The lowest BCUT2D eigenvalue weighted by Crippen LogP contribution is -2.70. The van der Waals surface area contributed by atoms with Crippen molar-refractivity contribution in [2.75, 3.05) is 19.8 Å². The molecule has 2 fully saturated rings. The molecule has 6 atom stereocenters. The second-order valence-corrected chi connectivity index (χ2v) is 20.1. The molecule has 0 radical (unpaired) electrons. The molecule has 1 heterocycles. The average Bonchev–Trinajstić information content (AvgIpc) is 3.94. The quantitative estimate of drug-likeness (QED) is 0.0334. The van der Waals surface area contributed by atoms with Gasteiger partial charge in [-0.25, -0.2) is 4.79 Å². The molecule has 72 heavy (non-hydrogen) atoms. The number of carbonyl (C=O) groups excluding carboxylic acids is 2. The van der Waals surface area contributed by atoms with Gasteiger partial charge < -0.3 is 39.5 Å². The van der Waals surface area contributed by atoms with Crippen molar-refractivity contribution in [2.45, 2.75) is 121 Å². The average molecular weight is 974 g/mol. The van der Waals surface area contributed by atoms with Crippen molar-refractivity contribution >= 4 is 28.5 Å². The van der Waals surface area contributed by atoms with E-state index in [1.807, 2.05) is 89.8 Å². The number of amides is 2. The highest BCUT2D eigenvalue weighted by Gasteiger charge is 2.65. The number of nitrogens with one attached hydrogen (secondary N) is 1. The van der Waals surface area contributed by atoms with Crippen LogP contribution in [0.4, 0.5) is 4.79 Å². The second kappa shape index (κ2) is 24.4. The minimum absolute atomic E-state index is 0.00433. The summed E-state index contributed by atoms with van der Waals surface area (Å²) in [6.07, 6.45) is 14.1. The Labute approximate surface area is 424 Å². The van der Waals surface area contributed by atoms with Crippen molar-refractivity contribution in [3.8, 4) is 11.5 Å². The molecule has 9 rings (SSSR count). The van der Waals surface area contributed by atoms with Gasteiger partial charge in [-0.3, -0.25) is 4.79 Å². The Bertz CT molecular complexity index is 2660. The fraction of sp³-hybridized carbons (Fsp3) is 0.426. The van der Waals surface area contributed by atoms with Crippen LogP contribution in [0.3, 0.4) is 0 Å². The number of benzene rings is 5. The standard InChI is InChI=1S/C61H71N3O8/c1-2-36-69-61-56(64(57(67)33-30-43-18-9-10-19-43)41-48-27-17-26-46-24-11-12-28-50(46)48)39-54(63-70-42-45-22-7-4-8-23-45)52-37-47(25-13-15-34-65)51(29-14-16-35-66)58(59(52)61)53-38-49(31-32-55(53)72-61)71-60(68)62-40-44-20-5-3-6-21-44/h2-8,11-12,17,20-24,26-28,31-32,37-38,43,47,51,56,58-59,65-66H,1,9-10,13-16,18-19,25,29-30,33-36,39-42H2,(H,62,68). The largest absolute Gasteiger partial charge is 0.459 e. The summed E-state index contributed by atoms with van der Waals surface area (Å²) in [7, 11) is 0. The molecule has 2 saturated carbocycles. The van der Waals surface area contributed by atoms with E-state index in [1.165, 1.54) is 12.8 Å². The van der Waals surface area contributed by atoms with Crippen LogP contribution < -0.4 is 14.8 Å². The number of aliphatic hydroxyl groups is 2. The van der Waals surface area contributed by atoms with E-state index in [0.717, 1.165) is 89.3 Å². The molecule has 4 aliphatic rings. The zero-order valence-corrected chi connectivity index (χ0v) is 41.5. The van der Waals surface area contributed by atoms with Gasteiger partial charge in [-0.05, 0) is 101 Å². The molecule has 0 saturated heterocycles. The molecule has 3 N–H and O–H groups in total. The van der Waals surface area contributed by atoms with Gasteiger partial charge in [-0.2, -0.15) is 0 Å². The van der Waals surface area contributed by atoms with Crippen LogP contribution in [0.15, 0.2) is 151 Å². The summed E-state index contributed by atoms with van der Waals surface area (Å²) in [5.41, 5.74) is 5.51. The van der Waals surface area contributed by atoms with Crippen molar-refractivity contribution < 1.29 is 38.9 Å². The van der Waals surface area contributed by atoms with E-state index in [2.05, 4.69) is 48.3 Å². The van der Waals surface area contributed by atoms with Crippen molar-refractivity contribution in [3.63, 3.8) is 0 Å². The predicted octanol–water partition coefficient (Wildman–Crippen LogP) is 12.0. The third kappa shape index (κ3) is 11.6. The number of allylic oxidation sites excluding steroid dienone is 1. The van der Waals surface area contributed by atoms with Gasteiger partial charge in [-0.1, -0.05) is 159 Å². The van der Waals surface area contributed by atoms with Crippen molar-refractivity contribution in [1.82, 2.24) is 10.2 Å². The number of rotatable bonds is 23. The molecule has 0 aromatic heterocycles. The van der Waals surface area contributed by atoms with Crippen LogP contribution in [-0.2, 0) is 34.1 Å². The lowest BCUT2D eigenvalue weighted by atomic mass is 9.55. The summed E-state index contributed by atoms with van der Waals surface area (Å²) in [6, 6.07) is 39.2. The van der Waals surface area contributed by atoms with Crippen LogP contribution >= 0.6 is 0 Å². The van der Waals surface area contributed by atoms with Crippen molar-refractivity contribution in [2.24, 2.45) is 28.8 Å². The first kappa shape index (κ1) is 50.7. The van der Waals surface area contributed by atoms with E-state index < -0.39 is 23.8 Å². The Kier molecular flexibility index (Phi) is 17.2.